The minimum absolute atomic E-state index is 0.220. The van der Waals surface area contributed by atoms with Gasteiger partial charge in [-0.3, -0.25) is 0 Å². The number of benzene rings is 1. The molecule has 4 N–H and O–H groups in total. The zero-order valence-electron chi connectivity index (χ0n) is 10.3. The van der Waals surface area contributed by atoms with E-state index in [-0.39, 0.29) is 16.9 Å². The van der Waals surface area contributed by atoms with Crippen LogP contribution in [-0.4, -0.2) is 44.6 Å². The van der Waals surface area contributed by atoms with E-state index in [9.17, 15) is 24.9 Å². The van der Waals surface area contributed by atoms with Gasteiger partial charge in [0.25, 0.3) is 0 Å². The molecule has 2 atom stereocenters. The zero-order chi connectivity index (χ0) is 14.7. The highest BCUT2D eigenvalue weighted by atomic mass is 16.6. The Hall–Kier alpha value is -2.28. The largest absolute Gasteiger partial charge is 0.508 e. The molecule has 104 valence electrons. The Labute approximate surface area is 108 Å². The number of ether oxygens (including phenoxy) is 1. The van der Waals surface area contributed by atoms with Crippen molar-refractivity contribution in [3.05, 3.63) is 23.3 Å². The Morgan fingerprint density at radius 3 is 2.26 bits per heavy atom. The van der Waals surface area contributed by atoms with E-state index in [1.165, 1.54) is 13.0 Å². The first kappa shape index (κ1) is 14.8. The van der Waals surface area contributed by atoms with Gasteiger partial charge < -0.3 is 25.2 Å². The number of hydrogen-bond acceptors (Lipinski definition) is 6. The number of aliphatic hydroxyl groups excluding tert-OH is 1. The molecule has 0 fully saturated rings. The van der Waals surface area contributed by atoms with Crippen LogP contribution >= 0.6 is 0 Å². The van der Waals surface area contributed by atoms with E-state index in [4.69, 9.17) is 5.11 Å². The average molecular weight is 270 g/mol. The van der Waals surface area contributed by atoms with Gasteiger partial charge in [0.05, 0.1) is 6.10 Å². The summed E-state index contributed by atoms with van der Waals surface area (Å²) in [4.78, 5) is 22.6. The molecule has 0 saturated heterocycles. The summed E-state index contributed by atoms with van der Waals surface area (Å²) in [5, 5.41) is 36.8. The maximum absolute atomic E-state index is 11.8. The van der Waals surface area contributed by atoms with E-state index in [2.05, 4.69) is 4.74 Å². The van der Waals surface area contributed by atoms with E-state index in [1.54, 1.807) is 0 Å². The summed E-state index contributed by atoms with van der Waals surface area (Å²) >= 11 is 0. The normalized spacial score (nSPS) is 13.6. The van der Waals surface area contributed by atoms with Gasteiger partial charge in [0.1, 0.15) is 17.1 Å². The van der Waals surface area contributed by atoms with Crippen molar-refractivity contribution in [3.63, 3.8) is 0 Å². The number of aliphatic hydroxyl groups is 1. The highest BCUT2D eigenvalue weighted by molar-refractivity contribution is 5.95. The molecule has 1 aromatic carbocycles. The monoisotopic (exact) mass is 270 g/mol. The third kappa shape index (κ3) is 3.35. The summed E-state index contributed by atoms with van der Waals surface area (Å²) in [7, 11) is 0. The molecule has 7 nitrogen and oxygen atoms in total. The van der Waals surface area contributed by atoms with E-state index < -0.39 is 29.9 Å². The molecule has 1 rings (SSSR count). The molecule has 0 unspecified atom stereocenters. The molecule has 0 aliphatic heterocycles. The molecule has 0 spiro atoms. The van der Waals surface area contributed by atoms with Crippen LogP contribution in [0.3, 0.4) is 0 Å². The molecule has 0 heterocycles. The number of aromatic hydroxyl groups is 2. The molecule has 7 heteroatoms. The number of rotatable bonds is 4. The van der Waals surface area contributed by atoms with Crippen LogP contribution in [0.1, 0.15) is 22.8 Å². The second kappa shape index (κ2) is 5.57. The molecule has 0 radical (unpaired) electrons. The van der Waals surface area contributed by atoms with Crippen molar-refractivity contribution in [2.24, 2.45) is 0 Å². The lowest BCUT2D eigenvalue weighted by Gasteiger charge is -2.17. The van der Waals surface area contributed by atoms with Gasteiger partial charge in [-0.25, -0.2) is 9.59 Å². The van der Waals surface area contributed by atoms with Crippen LogP contribution in [-0.2, 0) is 9.53 Å². The number of carbonyl (C=O) groups excluding carboxylic acids is 1. The minimum atomic E-state index is -1.74. The predicted molar refractivity (Wildman–Crippen MR) is 63.0 cm³/mol. The van der Waals surface area contributed by atoms with Gasteiger partial charge in [0.2, 0.25) is 6.10 Å². The van der Waals surface area contributed by atoms with Gasteiger partial charge >= 0.3 is 11.9 Å². The Morgan fingerprint density at radius 2 is 1.84 bits per heavy atom. The lowest BCUT2D eigenvalue weighted by atomic mass is 10.1. The van der Waals surface area contributed by atoms with E-state index in [0.717, 1.165) is 13.0 Å². The van der Waals surface area contributed by atoms with Crippen molar-refractivity contribution in [2.75, 3.05) is 0 Å². The molecule has 1 aromatic rings. The average Bonchev–Trinajstić information content (AvgIpc) is 2.23. The number of carboxylic acids is 1. The maximum Gasteiger partial charge on any atom is 0.347 e. The van der Waals surface area contributed by atoms with Crippen molar-refractivity contribution >= 4 is 11.9 Å². The van der Waals surface area contributed by atoms with Crippen molar-refractivity contribution in [1.82, 2.24) is 0 Å². The molecular formula is C12H14O7. The number of hydrogen-bond donors (Lipinski definition) is 4. The summed E-state index contributed by atoms with van der Waals surface area (Å²) in [6, 6.07) is 2.15. The number of esters is 1. The van der Waals surface area contributed by atoms with Crippen LogP contribution in [0.5, 0.6) is 11.5 Å². The first-order chi connectivity index (χ1) is 8.73. The van der Waals surface area contributed by atoms with Crippen molar-refractivity contribution in [2.45, 2.75) is 26.1 Å². The lowest BCUT2D eigenvalue weighted by molar-refractivity contribution is -0.152. The van der Waals surface area contributed by atoms with Crippen LogP contribution in [0.15, 0.2) is 12.1 Å². The number of carboxylic acid groups (broad SMARTS) is 1. The summed E-state index contributed by atoms with van der Waals surface area (Å²) in [5.41, 5.74) is -0.0399. The highest BCUT2D eigenvalue weighted by Gasteiger charge is 2.29. The summed E-state index contributed by atoms with van der Waals surface area (Å²) in [6.07, 6.45) is -3.14. The standard InChI is InChI=1S/C12H14O7/c1-5-3-7(14)4-8(15)9(5)12(18)19-10(6(2)13)11(16)17/h3-4,6,10,13-15H,1-2H3,(H,16,17)/t6-,10+/m1/s1. The second-order valence-electron chi connectivity index (χ2n) is 4.06. The number of aryl methyl sites for hydroxylation is 1. The topological polar surface area (TPSA) is 124 Å². The molecule has 0 amide bonds. The van der Waals surface area contributed by atoms with Gasteiger partial charge in [0.15, 0.2) is 0 Å². The van der Waals surface area contributed by atoms with Gasteiger partial charge in [0, 0.05) is 6.07 Å². The molecule has 0 bridgehead atoms. The fourth-order valence-corrected chi connectivity index (χ4v) is 1.54. The SMILES string of the molecule is Cc1cc(O)cc(O)c1C(=O)O[C@H](C(=O)O)[C@@H](C)O. The van der Waals surface area contributed by atoms with Gasteiger partial charge in [-0.15, -0.1) is 0 Å². The molecule has 0 aromatic heterocycles. The summed E-state index contributed by atoms with van der Waals surface area (Å²) < 4.78 is 4.63. The van der Waals surface area contributed by atoms with E-state index in [0.29, 0.717) is 0 Å². The first-order valence-corrected chi connectivity index (χ1v) is 5.38. The van der Waals surface area contributed by atoms with Crippen LogP contribution < -0.4 is 0 Å². The van der Waals surface area contributed by atoms with Crippen molar-refractivity contribution < 1.29 is 34.8 Å². The van der Waals surface area contributed by atoms with E-state index >= 15 is 0 Å². The van der Waals surface area contributed by atoms with E-state index in [1.807, 2.05) is 0 Å². The zero-order valence-corrected chi connectivity index (χ0v) is 10.3. The van der Waals surface area contributed by atoms with Crippen molar-refractivity contribution in [3.8, 4) is 11.5 Å². The van der Waals surface area contributed by atoms with Crippen LogP contribution in [0.2, 0.25) is 0 Å². The molecule has 0 saturated carbocycles. The third-order valence-electron chi connectivity index (χ3n) is 2.42. The Balaban J connectivity index is 3.05. The smallest absolute Gasteiger partial charge is 0.347 e. The second-order valence-corrected chi connectivity index (χ2v) is 4.06. The van der Waals surface area contributed by atoms with Crippen molar-refractivity contribution in [1.29, 1.82) is 0 Å². The fraction of sp³-hybridized carbons (Fsp3) is 0.333. The Bertz CT molecular complexity index is 484. The van der Waals surface area contributed by atoms with Gasteiger partial charge in [-0.05, 0) is 25.5 Å². The first-order valence-electron chi connectivity index (χ1n) is 5.38. The lowest BCUT2D eigenvalue weighted by Crippen LogP contribution is -2.36. The number of carbonyl (C=O) groups is 2. The minimum Gasteiger partial charge on any atom is -0.508 e. The molecule has 0 aliphatic rings. The Morgan fingerprint density at radius 1 is 1.26 bits per heavy atom. The Kier molecular flexibility index (Phi) is 4.34. The summed E-state index contributed by atoms with van der Waals surface area (Å²) in [6.45, 7) is 2.60. The van der Waals surface area contributed by atoms with Crippen LogP contribution in [0, 0.1) is 6.92 Å². The molecule has 0 aliphatic carbocycles. The quantitative estimate of drug-likeness (QED) is 0.583. The van der Waals surface area contributed by atoms with Gasteiger partial charge in [-0.2, -0.15) is 0 Å². The number of phenolic OH excluding ortho intramolecular Hbond substituents is 2. The number of aliphatic carboxylic acids is 1. The molecule has 19 heavy (non-hydrogen) atoms. The van der Waals surface area contributed by atoms with Crippen LogP contribution in [0.4, 0.5) is 0 Å². The molecular weight excluding hydrogens is 256 g/mol. The number of phenols is 2. The highest BCUT2D eigenvalue weighted by Crippen LogP contribution is 2.27. The third-order valence-corrected chi connectivity index (χ3v) is 2.42. The van der Waals surface area contributed by atoms with Crippen LogP contribution in [0.25, 0.3) is 0 Å². The van der Waals surface area contributed by atoms with Gasteiger partial charge in [-0.1, -0.05) is 0 Å². The summed E-state index contributed by atoms with van der Waals surface area (Å²) in [5.74, 6) is -3.36. The predicted octanol–water partition coefficient (Wildman–Crippen LogP) is 0.397. The fourth-order valence-electron chi connectivity index (χ4n) is 1.54. The maximum atomic E-state index is 11.8.